The van der Waals surface area contributed by atoms with Gasteiger partial charge in [0.05, 0.1) is 27.7 Å². The number of amides is 1. The molecular formula is C23H28Cl2N4O3. The highest BCUT2D eigenvalue weighted by molar-refractivity contribution is 6.42. The van der Waals surface area contributed by atoms with E-state index in [1.165, 1.54) is 25.7 Å². The van der Waals surface area contributed by atoms with E-state index in [1.54, 1.807) is 19.1 Å². The van der Waals surface area contributed by atoms with E-state index in [2.05, 4.69) is 9.97 Å². The molecular weight excluding hydrogens is 451 g/mol. The first-order chi connectivity index (χ1) is 15.5. The first-order valence-electron chi connectivity index (χ1n) is 11.3. The number of esters is 1. The van der Waals surface area contributed by atoms with E-state index >= 15 is 0 Å². The zero-order chi connectivity index (χ0) is 22.7. The fraction of sp³-hybridized carbons (Fsp3) is 0.565. The minimum atomic E-state index is -0.530. The van der Waals surface area contributed by atoms with Gasteiger partial charge in [-0.1, -0.05) is 48.9 Å². The normalized spacial score (nSPS) is 17.2. The van der Waals surface area contributed by atoms with Crippen molar-refractivity contribution in [1.82, 2.24) is 14.9 Å². The molecule has 2 aliphatic rings. The fourth-order valence-corrected chi connectivity index (χ4v) is 4.87. The number of rotatable bonds is 6. The maximum absolute atomic E-state index is 12.7. The molecule has 1 saturated carbocycles. The Bertz CT molecular complexity index is 1000. The lowest BCUT2D eigenvalue weighted by Gasteiger charge is -2.36. The summed E-state index contributed by atoms with van der Waals surface area (Å²) >= 11 is 12.3. The Kier molecular flexibility index (Phi) is 7.36. The lowest BCUT2D eigenvalue weighted by molar-refractivity contribution is -0.131. The van der Waals surface area contributed by atoms with Crippen molar-refractivity contribution < 1.29 is 14.3 Å². The molecule has 9 heteroatoms. The molecule has 32 heavy (non-hydrogen) atoms. The van der Waals surface area contributed by atoms with Crippen LogP contribution in [0.3, 0.4) is 0 Å². The molecule has 4 rings (SSSR count). The molecule has 1 aromatic carbocycles. The number of benzene rings is 1. The highest BCUT2D eigenvalue weighted by Crippen LogP contribution is 2.30. The maximum atomic E-state index is 12.7. The number of fused-ring (bicyclic) bond motifs is 1. The Hall–Kier alpha value is -2.12. The first kappa shape index (κ1) is 23.1. The summed E-state index contributed by atoms with van der Waals surface area (Å²) < 4.78 is 5.21. The van der Waals surface area contributed by atoms with Crippen LogP contribution in [-0.4, -0.2) is 59.5 Å². The van der Waals surface area contributed by atoms with Crippen molar-refractivity contribution in [2.24, 2.45) is 5.92 Å². The second kappa shape index (κ2) is 10.2. The molecule has 0 unspecified atom stereocenters. The van der Waals surface area contributed by atoms with Crippen LogP contribution in [0.5, 0.6) is 0 Å². The van der Waals surface area contributed by atoms with Gasteiger partial charge >= 0.3 is 5.97 Å². The average molecular weight is 479 g/mol. The van der Waals surface area contributed by atoms with Crippen LogP contribution < -0.4 is 4.90 Å². The Balaban J connectivity index is 1.49. The Morgan fingerprint density at radius 2 is 1.66 bits per heavy atom. The van der Waals surface area contributed by atoms with Crippen molar-refractivity contribution in [3.05, 3.63) is 27.9 Å². The van der Waals surface area contributed by atoms with Gasteiger partial charge < -0.3 is 14.5 Å². The lowest BCUT2D eigenvalue weighted by Crippen LogP contribution is -2.49. The van der Waals surface area contributed by atoms with Crippen LogP contribution in [0.1, 0.15) is 55.9 Å². The van der Waals surface area contributed by atoms with Crippen LogP contribution in [-0.2, 0) is 9.53 Å². The van der Waals surface area contributed by atoms with Gasteiger partial charge in [0.2, 0.25) is 5.91 Å². The van der Waals surface area contributed by atoms with Gasteiger partial charge in [0.25, 0.3) is 0 Å². The van der Waals surface area contributed by atoms with E-state index in [9.17, 15) is 9.59 Å². The molecule has 1 aliphatic heterocycles. The highest BCUT2D eigenvalue weighted by atomic mass is 35.5. The number of nitrogens with zero attached hydrogens (tertiary/aromatic N) is 4. The maximum Gasteiger partial charge on any atom is 0.360 e. The molecule has 0 N–H and O–H groups in total. The number of carbonyl (C=O) groups is 2. The number of halogens is 2. The molecule has 7 nitrogen and oxygen atoms in total. The number of hydrogen-bond acceptors (Lipinski definition) is 6. The van der Waals surface area contributed by atoms with Crippen molar-refractivity contribution in [3.63, 3.8) is 0 Å². The number of piperazine rings is 1. The molecule has 172 valence electrons. The van der Waals surface area contributed by atoms with E-state index in [-0.39, 0.29) is 18.2 Å². The Morgan fingerprint density at radius 1 is 1.03 bits per heavy atom. The zero-order valence-electron chi connectivity index (χ0n) is 18.3. The van der Waals surface area contributed by atoms with Gasteiger partial charge in [0.1, 0.15) is 0 Å². The van der Waals surface area contributed by atoms with Gasteiger partial charge in [-0.05, 0) is 31.4 Å². The van der Waals surface area contributed by atoms with Crippen LogP contribution in [0.2, 0.25) is 10.0 Å². The average Bonchev–Trinajstić information content (AvgIpc) is 3.31. The van der Waals surface area contributed by atoms with Gasteiger partial charge in [0.15, 0.2) is 11.5 Å². The molecule has 0 spiro atoms. The summed E-state index contributed by atoms with van der Waals surface area (Å²) in [5, 5.41) is 0.724. The first-order valence-corrected chi connectivity index (χ1v) is 12.1. The molecule has 1 saturated heterocycles. The van der Waals surface area contributed by atoms with Gasteiger partial charge in [-0.2, -0.15) is 0 Å². The van der Waals surface area contributed by atoms with Crippen molar-refractivity contribution in [3.8, 4) is 0 Å². The smallest absolute Gasteiger partial charge is 0.360 e. The van der Waals surface area contributed by atoms with Gasteiger partial charge in [-0.15, -0.1) is 0 Å². The number of carbonyl (C=O) groups excluding carboxylic acids is 2. The number of aromatic nitrogens is 2. The van der Waals surface area contributed by atoms with E-state index in [1.807, 2.05) is 9.80 Å². The van der Waals surface area contributed by atoms with Crippen LogP contribution in [0, 0.1) is 5.92 Å². The topological polar surface area (TPSA) is 75.6 Å². The summed E-state index contributed by atoms with van der Waals surface area (Å²) in [7, 11) is 0. The number of ether oxygens (including phenoxy) is 1. The molecule has 0 bridgehead atoms. The second-order valence-corrected chi connectivity index (χ2v) is 9.24. The third-order valence-electron chi connectivity index (χ3n) is 6.33. The molecule has 2 heterocycles. The van der Waals surface area contributed by atoms with Crippen LogP contribution in [0.4, 0.5) is 5.82 Å². The zero-order valence-corrected chi connectivity index (χ0v) is 19.8. The fourth-order valence-electron chi connectivity index (χ4n) is 4.55. The second-order valence-electron chi connectivity index (χ2n) is 8.43. The molecule has 2 aromatic rings. The molecule has 1 aliphatic carbocycles. The lowest BCUT2D eigenvalue weighted by atomic mass is 10.0. The van der Waals surface area contributed by atoms with Crippen molar-refractivity contribution in [2.45, 2.75) is 45.4 Å². The van der Waals surface area contributed by atoms with E-state index in [0.29, 0.717) is 65.4 Å². The third-order valence-corrected chi connectivity index (χ3v) is 7.05. The third kappa shape index (κ3) is 5.09. The number of hydrogen-bond donors (Lipinski definition) is 0. The molecule has 2 fully saturated rings. The van der Waals surface area contributed by atoms with Crippen LogP contribution in [0.15, 0.2) is 12.1 Å². The van der Waals surface area contributed by atoms with Crippen LogP contribution in [0.25, 0.3) is 11.0 Å². The van der Waals surface area contributed by atoms with Crippen LogP contribution >= 0.6 is 23.2 Å². The van der Waals surface area contributed by atoms with E-state index in [0.717, 1.165) is 6.42 Å². The predicted octanol–water partition coefficient (Wildman–Crippen LogP) is 4.73. The summed E-state index contributed by atoms with van der Waals surface area (Å²) in [5.41, 5.74) is 1.18. The molecule has 1 amide bonds. The molecule has 0 atom stereocenters. The molecule has 1 aromatic heterocycles. The summed E-state index contributed by atoms with van der Waals surface area (Å²) in [4.78, 5) is 38.4. The SMILES string of the molecule is CCOC(=O)c1nc2cc(Cl)c(Cl)cc2nc1N1CCN(C(=O)CCC2CCCC2)CC1. The summed E-state index contributed by atoms with van der Waals surface area (Å²) in [6.07, 6.45) is 6.72. The van der Waals surface area contributed by atoms with Gasteiger partial charge in [-0.25, -0.2) is 14.8 Å². The van der Waals surface area contributed by atoms with Crippen molar-refractivity contribution >= 4 is 51.9 Å². The van der Waals surface area contributed by atoms with Gasteiger partial charge in [0, 0.05) is 32.6 Å². The predicted molar refractivity (Wildman–Crippen MR) is 125 cm³/mol. The quantitative estimate of drug-likeness (QED) is 0.558. The highest BCUT2D eigenvalue weighted by Gasteiger charge is 2.28. The standard InChI is InChI=1S/C23H28Cl2N4O3/c1-2-32-23(31)21-22(27-19-14-17(25)16(24)13-18(19)26-21)29-11-9-28(10-12-29)20(30)8-7-15-5-3-4-6-15/h13-15H,2-12H2,1H3. The molecule has 0 radical (unpaired) electrons. The minimum absolute atomic E-state index is 0.152. The Morgan fingerprint density at radius 3 is 2.28 bits per heavy atom. The summed E-state index contributed by atoms with van der Waals surface area (Å²) in [6.45, 7) is 4.31. The summed E-state index contributed by atoms with van der Waals surface area (Å²) in [5.74, 6) is 0.846. The van der Waals surface area contributed by atoms with E-state index in [4.69, 9.17) is 27.9 Å². The largest absolute Gasteiger partial charge is 0.461 e. The van der Waals surface area contributed by atoms with Crippen molar-refractivity contribution in [1.29, 1.82) is 0 Å². The van der Waals surface area contributed by atoms with E-state index < -0.39 is 5.97 Å². The minimum Gasteiger partial charge on any atom is -0.461 e. The van der Waals surface area contributed by atoms with Gasteiger partial charge in [-0.3, -0.25) is 4.79 Å². The Labute approximate surface area is 198 Å². The van der Waals surface area contributed by atoms with Crippen molar-refractivity contribution in [2.75, 3.05) is 37.7 Å². The number of anilines is 1. The monoisotopic (exact) mass is 478 g/mol. The summed E-state index contributed by atoms with van der Waals surface area (Å²) in [6, 6.07) is 3.24.